The fraction of sp³-hybridized carbons (Fsp3) is 0.278. The summed E-state index contributed by atoms with van der Waals surface area (Å²) < 4.78 is 13.6. The molecule has 0 saturated heterocycles. The molecule has 2 rings (SSSR count). The first-order chi connectivity index (χ1) is 10.6. The summed E-state index contributed by atoms with van der Waals surface area (Å²) in [6.45, 7) is 4.02. The molecule has 2 N–H and O–H groups in total. The first-order valence-corrected chi connectivity index (χ1v) is 7.56. The van der Waals surface area contributed by atoms with Crippen LogP contribution in [-0.4, -0.2) is 5.91 Å². The second-order valence-corrected chi connectivity index (χ2v) is 5.18. The molecule has 2 aromatic carbocycles. The SMILES string of the molecule is CCC(CC)C(=O)Nc1ccc(Nc2ccccc2F)cc1. The standard InChI is InChI=1S/C18H21FN2O/c1-3-13(4-2)18(22)21-15-11-9-14(10-12-15)20-17-8-6-5-7-16(17)19/h5-13,20H,3-4H2,1-2H3,(H,21,22). The van der Waals surface area contributed by atoms with E-state index in [9.17, 15) is 9.18 Å². The van der Waals surface area contributed by atoms with E-state index >= 15 is 0 Å². The van der Waals surface area contributed by atoms with Gasteiger partial charge in [0.15, 0.2) is 0 Å². The molecule has 4 heteroatoms. The van der Waals surface area contributed by atoms with E-state index in [2.05, 4.69) is 10.6 Å². The van der Waals surface area contributed by atoms with Crippen molar-refractivity contribution >= 4 is 23.0 Å². The van der Waals surface area contributed by atoms with Crippen molar-refractivity contribution in [1.82, 2.24) is 0 Å². The molecule has 3 nitrogen and oxygen atoms in total. The molecule has 0 saturated carbocycles. The second kappa shape index (κ2) is 7.59. The first kappa shape index (κ1) is 16.0. The van der Waals surface area contributed by atoms with Crippen LogP contribution in [0.2, 0.25) is 0 Å². The molecule has 2 aromatic rings. The highest BCUT2D eigenvalue weighted by Gasteiger charge is 2.13. The van der Waals surface area contributed by atoms with E-state index in [1.165, 1.54) is 6.07 Å². The van der Waals surface area contributed by atoms with Gasteiger partial charge in [-0.1, -0.05) is 26.0 Å². The van der Waals surface area contributed by atoms with Gasteiger partial charge in [0.25, 0.3) is 0 Å². The molecular weight excluding hydrogens is 279 g/mol. The van der Waals surface area contributed by atoms with Gasteiger partial charge >= 0.3 is 0 Å². The van der Waals surface area contributed by atoms with Gasteiger partial charge in [-0.05, 0) is 49.2 Å². The topological polar surface area (TPSA) is 41.1 Å². The van der Waals surface area contributed by atoms with E-state index in [1.807, 2.05) is 38.1 Å². The maximum atomic E-state index is 13.6. The third kappa shape index (κ3) is 4.07. The lowest BCUT2D eigenvalue weighted by molar-refractivity contribution is -0.120. The largest absolute Gasteiger partial charge is 0.353 e. The van der Waals surface area contributed by atoms with Crippen molar-refractivity contribution in [2.45, 2.75) is 26.7 Å². The summed E-state index contributed by atoms with van der Waals surface area (Å²) in [7, 11) is 0. The Morgan fingerprint density at radius 3 is 2.18 bits per heavy atom. The predicted octanol–water partition coefficient (Wildman–Crippen LogP) is 4.94. The van der Waals surface area contributed by atoms with Crippen LogP contribution in [0.5, 0.6) is 0 Å². The summed E-state index contributed by atoms with van der Waals surface area (Å²) in [6, 6.07) is 13.8. The molecule has 0 aliphatic rings. The van der Waals surface area contributed by atoms with E-state index in [0.29, 0.717) is 5.69 Å². The van der Waals surface area contributed by atoms with E-state index in [0.717, 1.165) is 24.2 Å². The summed E-state index contributed by atoms with van der Waals surface area (Å²) in [5.74, 6) is -0.218. The van der Waals surface area contributed by atoms with Crippen LogP contribution in [0.25, 0.3) is 0 Å². The van der Waals surface area contributed by atoms with Crippen LogP contribution < -0.4 is 10.6 Å². The van der Waals surface area contributed by atoms with Gasteiger partial charge in [-0.25, -0.2) is 4.39 Å². The van der Waals surface area contributed by atoms with Crippen molar-refractivity contribution < 1.29 is 9.18 Å². The highest BCUT2D eigenvalue weighted by Crippen LogP contribution is 2.21. The molecule has 0 aliphatic heterocycles. The first-order valence-electron chi connectivity index (χ1n) is 7.56. The number of hydrogen-bond acceptors (Lipinski definition) is 2. The molecule has 1 amide bonds. The second-order valence-electron chi connectivity index (χ2n) is 5.18. The van der Waals surface area contributed by atoms with Gasteiger partial charge in [0.2, 0.25) is 5.91 Å². The summed E-state index contributed by atoms with van der Waals surface area (Å²) in [4.78, 5) is 12.0. The number of carbonyl (C=O) groups is 1. The Morgan fingerprint density at radius 1 is 1.00 bits per heavy atom. The van der Waals surface area contributed by atoms with Gasteiger partial charge in [0.1, 0.15) is 5.82 Å². The Hall–Kier alpha value is -2.36. The van der Waals surface area contributed by atoms with E-state index in [1.54, 1.807) is 18.2 Å². The normalized spacial score (nSPS) is 10.5. The maximum absolute atomic E-state index is 13.6. The molecule has 0 atom stereocenters. The van der Waals surface area contributed by atoms with Crippen LogP contribution in [-0.2, 0) is 4.79 Å². The summed E-state index contributed by atoms with van der Waals surface area (Å²) in [5.41, 5.74) is 1.94. The summed E-state index contributed by atoms with van der Waals surface area (Å²) >= 11 is 0. The summed E-state index contributed by atoms with van der Waals surface area (Å²) in [5, 5.41) is 5.92. The average Bonchev–Trinajstić information content (AvgIpc) is 2.52. The van der Waals surface area contributed by atoms with E-state index < -0.39 is 0 Å². The monoisotopic (exact) mass is 300 g/mol. The highest BCUT2D eigenvalue weighted by molar-refractivity contribution is 5.92. The molecule has 0 heterocycles. The number of nitrogens with one attached hydrogen (secondary N) is 2. The van der Waals surface area contributed by atoms with Crippen molar-refractivity contribution in [2.24, 2.45) is 5.92 Å². The lowest BCUT2D eigenvalue weighted by Crippen LogP contribution is -2.21. The van der Waals surface area contributed by atoms with Gasteiger partial charge in [-0.3, -0.25) is 4.79 Å². The zero-order valence-electron chi connectivity index (χ0n) is 12.9. The van der Waals surface area contributed by atoms with Crippen LogP contribution in [0, 0.1) is 11.7 Å². The quantitative estimate of drug-likeness (QED) is 0.793. The Bertz CT molecular complexity index is 621. The number of amides is 1. The molecule has 0 aromatic heterocycles. The number of hydrogen-bond donors (Lipinski definition) is 2. The zero-order valence-corrected chi connectivity index (χ0v) is 12.9. The van der Waals surface area contributed by atoms with Gasteiger partial charge in [-0.2, -0.15) is 0 Å². The Balaban J connectivity index is 2.02. The van der Waals surface area contributed by atoms with Crippen LogP contribution in [0.4, 0.5) is 21.5 Å². The third-order valence-electron chi connectivity index (χ3n) is 3.66. The van der Waals surface area contributed by atoms with Crippen LogP contribution in [0.1, 0.15) is 26.7 Å². The van der Waals surface area contributed by atoms with E-state index in [4.69, 9.17) is 0 Å². The molecular formula is C18H21FN2O. The molecule has 0 fully saturated rings. The number of para-hydroxylation sites is 1. The van der Waals surface area contributed by atoms with Crippen LogP contribution >= 0.6 is 0 Å². The number of anilines is 3. The van der Waals surface area contributed by atoms with Crippen molar-refractivity contribution in [3.8, 4) is 0 Å². The predicted molar refractivity (Wildman–Crippen MR) is 88.8 cm³/mol. The molecule has 0 spiro atoms. The smallest absolute Gasteiger partial charge is 0.227 e. The highest BCUT2D eigenvalue weighted by atomic mass is 19.1. The number of carbonyl (C=O) groups excluding carboxylic acids is 1. The minimum absolute atomic E-state index is 0.0382. The molecule has 22 heavy (non-hydrogen) atoms. The Kier molecular flexibility index (Phi) is 5.53. The van der Waals surface area contributed by atoms with E-state index in [-0.39, 0.29) is 17.6 Å². The lowest BCUT2D eigenvalue weighted by Gasteiger charge is -2.13. The van der Waals surface area contributed by atoms with Crippen LogP contribution in [0.15, 0.2) is 48.5 Å². The maximum Gasteiger partial charge on any atom is 0.227 e. The van der Waals surface area contributed by atoms with Crippen molar-refractivity contribution in [3.63, 3.8) is 0 Å². The van der Waals surface area contributed by atoms with Crippen molar-refractivity contribution in [2.75, 3.05) is 10.6 Å². The lowest BCUT2D eigenvalue weighted by atomic mass is 10.0. The van der Waals surface area contributed by atoms with Gasteiger partial charge in [-0.15, -0.1) is 0 Å². The fourth-order valence-electron chi connectivity index (χ4n) is 2.26. The molecule has 0 unspecified atom stereocenters. The van der Waals surface area contributed by atoms with Crippen molar-refractivity contribution in [1.29, 1.82) is 0 Å². The average molecular weight is 300 g/mol. The summed E-state index contributed by atoms with van der Waals surface area (Å²) in [6.07, 6.45) is 1.66. The molecule has 0 bridgehead atoms. The number of halogens is 1. The van der Waals surface area contributed by atoms with Gasteiger partial charge < -0.3 is 10.6 Å². The van der Waals surface area contributed by atoms with Crippen LogP contribution in [0.3, 0.4) is 0 Å². The Morgan fingerprint density at radius 2 is 1.59 bits per heavy atom. The third-order valence-corrected chi connectivity index (χ3v) is 3.66. The molecule has 0 radical (unpaired) electrons. The zero-order chi connectivity index (χ0) is 15.9. The Labute approximate surface area is 130 Å². The fourth-order valence-corrected chi connectivity index (χ4v) is 2.26. The molecule has 0 aliphatic carbocycles. The minimum atomic E-state index is -0.298. The number of benzene rings is 2. The van der Waals surface area contributed by atoms with Crippen molar-refractivity contribution in [3.05, 3.63) is 54.3 Å². The number of rotatable bonds is 6. The van der Waals surface area contributed by atoms with Gasteiger partial charge in [0, 0.05) is 17.3 Å². The molecule has 116 valence electrons. The minimum Gasteiger partial charge on any atom is -0.353 e. The van der Waals surface area contributed by atoms with Gasteiger partial charge in [0.05, 0.1) is 5.69 Å².